The highest BCUT2D eigenvalue weighted by molar-refractivity contribution is 6.35. The van der Waals surface area contributed by atoms with E-state index in [1.807, 2.05) is 75.4 Å². The lowest BCUT2D eigenvalue weighted by atomic mass is 9.95. The molecule has 5 rings (SSSR count). The normalized spacial score (nSPS) is 11.8. The quantitative estimate of drug-likeness (QED) is 0.177. The van der Waals surface area contributed by atoms with Crippen LogP contribution in [0.3, 0.4) is 0 Å². The van der Waals surface area contributed by atoms with E-state index >= 15 is 0 Å². The van der Waals surface area contributed by atoms with Crippen molar-refractivity contribution in [2.24, 2.45) is 0 Å². The van der Waals surface area contributed by atoms with Gasteiger partial charge in [-0.3, -0.25) is 0 Å². The van der Waals surface area contributed by atoms with Gasteiger partial charge in [-0.05, 0) is 68.8 Å². The van der Waals surface area contributed by atoms with Gasteiger partial charge in [0.15, 0.2) is 5.69 Å². The van der Waals surface area contributed by atoms with Gasteiger partial charge in [-0.25, -0.2) is 4.68 Å². The molecule has 0 fully saturated rings. The number of hydrogen-bond donors (Lipinski definition) is 0. The van der Waals surface area contributed by atoms with Gasteiger partial charge >= 0.3 is 0 Å². The maximum atomic E-state index is 6.58. The summed E-state index contributed by atoms with van der Waals surface area (Å²) >= 11 is 24.9. The SMILES string of the molecule is Cc1c(-c2nnc(C(C)(C)COCc3ccc(Cl)cc3)o2)nn(-c2ccc(Cl)cc2Cl)c1-c1ccc(Cl)cc1. The Labute approximate surface area is 246 Å². The van der Waals surface area contributed by atoms with Crippen molar-refractivity contribution in [3.63, 3.8) is 0 Å². The summed E-state index contributed by atoms with van der Waals surface area (Å²) in [6.07, 6.45) is 0. The molecule has 0 aliphatic carbocycles. The van der Waals surface area contributed by atoms with Gasteiger partial charge in [-0.15, -0.1) is 10.2 Å². The third-order valence-corrected chi connectivity index (χ3v) is 7.27. The van der Waals surface area contributed by atoms with E-state index in [9.17, 15) is 0 Å². The lowest BCUT2D eigenvalue weighted by Gasteiger charge is -2.19. The van der Waals surface area contributed by atoms with Gasteiger partial charge in [-0.2, -0.15) is 5.10 Å². The molecule has 0 aliphatic rings. The van der Waals surface area contributed by atoms with E-state index in [4.69, 9.17) is 60.7 Å². The van der Waals surface area contributed by atoms with Crippen LogP contribution in [0.4, 0.5) is 0 Å². The molecule has 0 spiro atoms. The second-order valence-electron chi connectivity index (χ2n) is 9.75. The molecule has 3 aromatic carbocycles. The summed E-state index contributed by atoms with van der Waals surface area (Å²) in [5.74, 6) is 0.743. The van der Waals surface area contributed by atoms with Crippen LogP contribution in [0.1, 0.15) is 30.9 Å². The molecular formula is C29H24Cl4N4O2. The number of rotatable bonds is 8. The smallest absolute Gasteiger partial charge is 0.268 e. The second-order valence-corrected chi connectivity index (χ2v) is 11.5. The number of ether oxygens (including phenoxy) is 1. The highest BCUT2D eigenvalue weighted by Gasteiger charge is 2.30. The molecule has 0 bridgehead atoms. The summed E-state index contributed by atoms with van der Waals surface area (Å²) < 4.78 is 13.9. The predicted octanol–water partition coefficient (Wildman–Crippen LogP) is 9.01. The Morgan fingerprint density at radius 3 is 2.15 bits per heavy atom. The molecule has 2 aromatic heterocycles. The summed E-state index contributed by atoms with van der Waals surface area (Å²) in [6.45, 7) is 6.75. The Bertz CT molecular complexity index is 1610. The fraction of sp³-hybridized carbons (Fsp3) is 0.207. The maximum absolute atomic E-state index is 6.58. The summed E-state index contributed by atoms with van der Waals surface area (Å²) in [5, 5.41) is 15.9. The Kier molecular flexibility index (Phi) is 8.04. The average Bonchev–Trinajstić information content (AvgIpc) is 3.51. The Morgan fingerprint density at radius 2 is 1.49 bits per heavy atom. The largest absolute Gasteiger partial charge is 0.419 e. The lowest BCUT2D eigenvalue weighted by molar-refractivity contribution is 0.0731. The maximum Gasteiger partial charge on any atom is 0.268 e. The molecule has 39 heavy (non-hydrogen) atoms. The van der Waals surface area contributed by atoms with Gasteiger partial charge in [0.1, 0.15) is 0 Å². The van der Waals surface area contributed by atoms with Crippen molar-refractivity contribution in [3.05, 3.63) is 104 Å². The zero-order valence-corrected chi connectivity index (χ0v) is 24.4. The van der Waals surface area contributed by atoms with Crippen LogP contribution < -0.4 is 0 Å². The van der Waals surface area contributed by atoms with Crippen molar-refractivity contribution in [2.75, 3.05) is 6.61 Å². The van der Waals surface area contributed by atoms with E-state index in [-0.39, 0.29) is 0 Å². The second kappa shape index (κ2) is 11.3. The first-order valence-electron chi connectivity index (χ1n) is 12.1. The third-order valence-electron chi connectivity index (χ3n) is 6.23. The molecule has 0 aliphatic heterocycles. The van der Waals surface area contributed by atoms with E-state index in [1.165, 1.54) is 0 Å². The molecule has 10 heteroatoms. The number of aromatic nitrogens is 4. The molecular weight excluding hydrogens is 578 g/mol. The highest BCUT2D eigenvalue weighted by atomic mass is 35.5. The minimum absolute atomic E-state index is 0.298. The zero-order chi connectivity index (χ0) is 27.7. The van der Waals surface area contributed by atoms with Crippen LogP contribution in [0.2, 0.25) is 20.1 Å². The van der Waals surface area contributed by atoms with Crippen LogP contribution in [0.25, 0.3) is 28.5 Å². The molecule has 2 heterocycles. The van der Waals surface area contributed by atoms with Gasteiger partial charge in [0.2, 0.25) is 5.89 Å². The average molecular weight is 602 g/mol. The number of nitrogens with zero attached hydrogens (tertiary/aromatic N) is 4. The molecule has 200 valence electrons. The standard InChI is InChI=1S/C29H24Cl4N4O2/c1-17-25(27-34-35-28(39-27)29(2,3)16-38-15-18-4-8-20(30)9-5-18)36-37(24-13-12-22(32)14-23(24)33)26(17)19-6-10-21(31)11-7-19/h4-14H,15-16H2,1-3H3. The number of benzene rings is 3. The van der Waals surface area contributed by atoms with E-state index in [0.29, 0.717) is 56.5 Å². The van der Waals surface area contributed by atoms with Gasteiger partial charge in [0, 0.05) is 26.2 Å². The fourth-order valence-corrected chi connectivity index (χ4v) is 4.87. The summed E-state index contributed by atoms with van der Waals surface area (Å²) in [4.78, 5) is 0. The summed E-state index contributed by atoms with van der Waals surface area (Å²) in [7, 11) is 0. The first-order chi connectivity index (χ1) is 18.6. The van der Waals surface area contributed by atoms with E-state index in [0.717, 1.165) is 22.4 Å². The fourth-order valence-electron chi connectivity index (χ4n) is 4.13. The molecule has 6 nitrogen and oxygen atoms in total. The monoisotopic (exact) mass is 600 g/mol. The van der Waals surface area contributed by atoms with Crippen LogP contribution >= 0.6 is 46.4 Å². The van der Waals surface area contributed by atoms with Crippen molar-refractivity contribution in [2.45, 2.75) is 32.8 Å². The van der Waals surface area contributed by atoms with Crippen molar-refractivity contribution >= 4 is 46.4 Å². The first-order valence-corrected chi connectivity index (χ1v) is 13.6. The zero-order valence-electron chi connectivity index (χ0n) is 21.4. The first kappa shape index (κ1) is 27.7. The molecule has 5 aromatic rings. The van der Waals surface area contributed by atoms with Crippen molar-refractivity contribution < 1.29 is 9.15 Å². The van der Waals surface area contributed by atoms with Crippen molar-refractivity contribution in [1.82, 2.24) is 20.0 Å². The summed E-state index contributed by atoms with van der Waals surface area (Å²) in [6, 6.07) is 20.3. The Hall–Kier alpha value is -2.87. The van der Waals surface area contributed by atoms with Crippen LogP contribution in [0, 0.1) is 6.92 Å². The lowest BCUT2D eigenvalue weighted by Crippen LogP contribution is -2.24. The molecule has 0 radical (unpaired) electrons. The van der Waals surface area contributed by atoms with Crippen molar-refractivity contribution in [1.29, 1.82) is 0 Å². The molecule has 0 atom stereocenters. The van der Waals surface area contributed by atoms with Gasteiger partial charge in [0.25, 0.3) is 5.89 Å². The minimum atomic E-state index is -0.535. The van der Waals surface area contributed by atoms with Gasteiger partial charge < -0.3 is 9.15 Å². The van der Waals surface area contributed by atoms with Crippen LogP contribution in [-0.4, -0.2) is 26.6 Å². The van der Waals surface area contributed by atoms with Gasteiger partial charge in [0.05, 0.1) is 35.0 Å². The Balaban J connectivity index is 1.47. The van der Waals surface area contributed by atoms with Crippen LogP contribution in [-0.2, 0) is 16.8 Å². The van der Waals surface area contributed by atoms with Crippen molar-refractivity contribution in [3.8, 4) is 28.5 Å². The molecule has 0 N–H and O–H groups in total. The molecule has 0 saturated heterocycles. The predicted molar refractivity (Wildman–Crippen MR) is 156 cm³/mol. The minimum Gasteiger partial charge on any atom is -0.419 e. The van der Waals surface area contributed by atoms with Gasteiger partial charge in [-0.1, -0.05) is 70.7 Å². The topological polar surface area (TPSA) is 66.0 Å². The van der Waals surface area contributed by atoms with E-state index in [1.54, 1.807) is 16.8 Å². The van der Waals surface area contributed by atoms with E-state index < -0.39 is 5.41 Å². The molecule has 0 unspecified atom stereocenters. The number of hydrogen-bond acceptors (Lipinski definition) is 5. The highest BCUT2D eigenvalue weighted by Crippen LogP contribution is 2.37. The van der Waals surface area contributed by atoms with E-state index in [2.05, 4.69) is 10.2 Å². The Morgan fingerprint density at radius 1 is 0.846 bits per heavy atom. The van der Waals surface area contributed by atoms with Crippen LogP contribution in [0.5, 0.6) is 0 Å². The summed E-state index contributed by atoms with van der Waals surface area (Å²) in [5.41, 5.74) is 4.26. The molecule has 0 amide bonds. The molecule has 0 saturated carbocycles. The number of halogens is 4. The third kappa shape index (κ3) is 6.01. The van der Waals surface area contributed by atoms with Crippen LogP contribution in [0.15, 0.2) is 71.1 Å².